The van der Waals surface area contributed by atoms with Crippen LogP contribution in [0.2, 0.25) is 0 Å². The van der Waals surface area contributed by atoms with E-state index in [1.165, 1.54) is 5.56 Å². The summed E-state index contributed by atoms with van der Waals surface area (Å²) in [5, 5.41) is 8.68. The van der Waals surface area contributed by atoms with Gasteiger partial charge in [-0.3, -0.25) is 0 Å². The van der Waals surface area contributed by atoms with Crippen molar-refractivity contribution in [1.29, 1.82) is 0 Å². The van der Waals surface area contributed by atoms with Crippen molar-refractivity contribution >= 4 is 0 Å². The number of aliphatic hydroxyl groups excluding tert-OH is 1. The summed E-state index contributed by atoms with van der Waals surface area (Å²) in [6.45, 7) is 2.83. The maximum Gasteiger partial charge on any atom is 0.122 e. The highest BCUT2D eigenvalue weighted by molar-refractivity contribution is 5.39. The summed E-state index contributed by atoms with van der Waals surface area (Å²) in [7, 11) is 0. The highest BCUT2D eigenvalue weighted by Gasteiger charge is 1.97. The Morgan fingerprint density at radius 1 is 0.952 bits per heavy atom. The van der Waals surface area contributed by atoms with Crippen LogP contribution in [0.4, 0.5) is 0 Å². The number of aryl methyl sites for hydroxylation is 1. The summed E-state index contributed by atoms with van der Waals surface area (Å²) in [6.07, 6.45) is 0. The maximum atomic E-state index is 8.68. The van der Waals surface area contributed by atoms with Crippen LogP contribution in [0.15, 0.2) is 48.5 Å². The third-order valence-electron chi connectivity index (χ3n) is 2.76. The molecular formula is C18H18O3. The molecule has 2 aromatic rings. The fourth-order valence-corrected chi connectivity index (χ4v) is 1.83. The van der Waals surface area contributed by atoms with Crippen LogP contribution in [-0.4, -0.2) is 24.9 Å². The molecule has 0 aliphatic carbocycles. The summed E-state index contributed by atoms with van der Waals surface area (Å²) in [5.41, 5.74) is 1.99. The normalized spacial score (nSPS) is 9.62. The summed E-state index contributed by atoms with van der Waals surface area (Å²) in [4.78, 5) is 0. The summed E-state index contributed by atoms with van der Waals surface area (Å²) < 4.78 is 11.2. The van der Waals surface area contributed by atoms with E-state index in [2.05, 4.69) is 11.8 Å². The molecule has 3 nitrogen and oxygen atoms in total. The van der Waals surface area contributed by atoms with Crippen molar-refractivity contribution in [2.24, 2.45) is 0 Å². The third kappa shape index (κ3) is 5.21. The quantitative estimate of drug-likeness (QED) is 0.677. The number of hydrogen-bond acceptors (Lipinski definition) is 3. The van der Waals surface area contributed by atoms with Gasteiger partial charge in [-0.25, -0.2) is 0 Å². The molecule has 21 heavy (non-hydrogen) atoms. The van der Waals surface area contributed by atoms with E-state index in [0.29, 0.717) is 13.2 Å². The van der Waals surface area contributed by atoms with Gasteiger partial charge in [-0.05, 0) is 42.8 Å². The molecule has 0 atom stereocenters. The van der Waals surface area contributed by atoms with Crippen LogP contribution in [0.3, 0.4) is 0 Å². The molecule has 0 radical (unpaired) electrons. The van der Waals surface area contributed by atoms with Crippen molar-refractivity contribution in [2.75, 3.05) is 19.8 Å². The second kappa shape index (κ2) is 7.98. The van der Waals surface area contributed by atoms with E-state index < -0.39 is 0 Å². The molecule has 0 amide bonds. The van der Waals surface area contributed by atoms with Crippen molar-refractivity contribution in [2.45, 2.75) is 6.92 Å². The van der Waals surface area contributed by atoms with Crippen molar-refractivity contribution in [1.82, 2.24) is 0 Å². The molecule has 0 bridgehead atoms. The molecule has 1 N–H and O–H groups in total. The largest absolute Gasteiger partial charge is 0.490 e. The van der Waals surface area contributed by atoms with Crippen LogP contribution in [0, 0.1) is 18.8 Å². The van der Waals surface area contributed by atoms with E-state index in [9.17, 15) is 0 Å². The Labute approximate surface area is 125 Å². The van der Waals surface area contributed by atoms with Gasteiger partial charge in [0.05, 0.1) is 0 Å². The predicted octanol–water partition coefficient (Wildman–Crippen LogP) is 2.80. The number of benzene rings is 2. The zero-order chi connectivity index (χ0) is 14.9. The van der Waals surface area contributed by atoms with Crippen molar-refractivity contribution in [3.63, 3.8) is 0 Å². The van der Waals surface area contributed by atoms with Crippen LogP contribution in [0.5, 0.6) is 11.5 Å². The minimum Gasteiger partial charge on any atom is -0.490 e. The van der Waals surface area contributed by atoms with E-state index in [1.54, 1.807) is 0 Å². The molecule has 0 aliphatic heterocycles. The average Bonchev–Trinajstić information content (AvgIpc) is 2.50. The van der Waals surface area contributed by atoms with Gasteiger partial charge in [-0.1, -0.05) is 30.0 Å². The summed E-state index contributed by atoms with van der Waals surface area (Å²) >= 11 is 0. The second-order valence-corrected chi connectivity index (χ2v) is 4.50. The van der Waals surface area contributed by atoms with Crippen molar-refractivity contribution < 1.29 is 14.6 Å². The first kappa shape index (κ1) is 15.0. The van der Waals surface area contributed by atoms with Gasteiger partial charge >= 0.3 is 0 Å². The van der Waals surface area contributed by atoms with E-state index in [1.807, 2.05) is 55.5 Å². The Kier molecular flexibility index (Phi) is 5.69. The number of ether oxygens (including phenoxy) is 2. The van der Waals surface area contributed by atoms with Gasteiger partial charge in [0.2, 0.25) is 0 Å². The summed E-state index contributed by atoms with van der Waals surface area (Å²) in [6, 6.07) is 15.4. The second-order valence-electron chi connectivity index (χ2n) is 4.50. The van der Waals surface area contributed by atoms with E-state index in [-0.39, 0.29) is 6.61 Å². The van der Waals surface area contributed by atoms with Crippen molar-refractivity contribution in [3.8, 4) is 23.3 Å². The number of hydrogen-bond donors (Lipinski definition) is 1. The van der Waals surface area contributed by atoms with Gasteiger partial charge < -0.3 is 14.6 Å². The first-order chi connectivity index (χ1) is 10.3. The smallest absolute Gasteiger partial charge is 0.122 e. The highest BCUT2D eigenvalue weighted by atomic mass is 16.5. The van der Waals surface area contributed by atoms with Crippen LogP contribution in [0.25, 0.3) is 0 Å². The molecular weight excluding hydrogens is 264 g/mol. The molecule has 0 aliphatic rings. The lowest BCUT2D eigenvalue weighted by atomic mass is 10.2. The van der Waals surface area contributed by atoms with Gasteiger partial charge in [-0.2, -0.15) is 0 Å². The van der Waals surface area contributed by atoms with Crippen LogP contribution >= 0.6 is 0 Å². The predicted molar refractivity (Wildman–Crippen MR) is 82.6 cm³/mol. The minimum absolute atomic E-state index is 0.143. The van der Waals surface area contributed by atoms with Crippen molar-refractivity contribution in [3.05, 3.63) is 59.7 Å². The molecule has 0 fully saturated rings. The van der Waals surface area contributed by atoms with Crippen LogP contribution in [0.1, 0.15) is 11.1 Å². The van der Waals surface area contributed by atoms with Gasteiger partial charge in [0.1, 0.15) is 31.3 Å². The molecule has 3 heteroatoms. The van der Waals surface area contributed by atoms with Gasteiger partial charge in [0.15, 0.2) is 0 Å². The Morgan fingerprint density at radius 3 is 2.29 bits per heavy atom. The fraction of sp³-hybridized carbons (Fsp3) is 0.222. The standard InChI is InChI=1S/C18H18O3/c1-15-5-2-8-17(13-15)20-11-12-21-18-9-3-6-16(14-18)7-4-10-19/h2-3,5-6,8-9,13-14,19H,10-12H2,1H3. The molecule has 0 aromatic heterocycles. The molecule has 0 saturated heterocycles. The molecule has 2 aromatic carbocycles. The molecule has 0 saturated carbocycles. The molecule has 108 valence electrons. The van der Waals surface area contributed by atoms with E-state index in [0.717, 1.165) is 17.1 Å². The molecule has 0 unspecified atom stereocenters. The lowest BCUT2D eigenvalue weighted by Crippen LogP contribution is -2.09. The number of rotatable bonds is 5. The Balaban J connectivity index is 1.81. The van der Waals surface area contributed by atoms with Gasteiger partial charge in [-0.15, -0.1) is 0 Å². The summed E-state index contributed by atoms with van der Waals surface area (Å²) in [5.74, 6) is 7.05. The lowest BCUT2D eigenvalue weighted by molar-refractivity contribution is 0.217. The first-order valence-electron chi connectivity index (χ1n) is 6.80. The maximum absolute atomic E-state index is 8.68. The van der Waals surface area contributed by atoms with Gasteiger partial charge in [0, 0.05) is 5.56 Å². The molecule has 0 heterocycles. The zero-order valence-corrected chi connectivity index (χ0v) is 12.0. The Bertz CT molecular complexity index is 638. The Morgan fingerprint density at radius 2 is 1.62 bits per heavy atom. The molecule has 2 rings (SSSR count). The topological polar surface area (TPSA) is 38.7 Å². The first-order valence-corrected chi connectivity index (χ1v) is 6.80. The SMILES string of the molecule is Cc1cccc(OCCOc2cccc(C#CCO)c2)c1. The van der Waals surface area contributed by atoms with E-state index in [4.69, 9.17) is 14.6 Å². The van der Waals surface area contributed by atoms with E-state index >= 15 is 0 Å². The highest BCUT2D eigenvalue weighted by Crippen LogP contribution is 2.14. The average molecular weight is 282 g/mol. The van der Waals surface area contributed by atoms with Crippen LogP contribution in [-0.2, 0) is 0 Å². The fourth-order valence-electron chi connectivity index (χ4n) is 1.83. The number of aliphatic hydroxyl groups is 1. The Hall–Kier alpha value is -2.44. The monoisotopic (exact) mass is 282 g/mol. The minimum atomic E-state index is -0.143. The zero-order valence-electron chi connectivity index (χ0n) is 12.0. The molecule has 0 spiro atoms. The van der Waals surface area contributed by atoms with Crippen LogP contribution < -0.4 is 9.47 Å². The lowest BCUT2D eigenvalue weighted by Gasteiger charge is -2.09. The van der Waals surface area contributed by atoms with Gasteiger partial charge in [0.25, 0.3) is 0 Å². The third-order valence-corrected chi connectivity index (χ3v) is 2.76.